The normalized spacial score (nSPS) is 17.0. The lowest BCUT2D eigenvalue weighted by Gasteiger charge is -2.29. The van der Waals surface area contributed by atoms with Crippen molar-refractivity contribution in [3.8, 4) is 0 Å². The van der Waals surface area contributed by atoms with Crippen molar-refractivity contribution < 1.29 is 22.8 Å². The molecule has 1 aromatic carbocycles. The molecule has 1 aliphatic rings. The minimum atomic E-state index is -4.42. The molecule has 1 aliphatic carbocycles. The number of carbonyl (C=O) groups excluding carboxylic acids is 2. The van der Waals surface area contributed by atoms with Gasteiger partial charge in [0, 0.05) is 17.6 Å². The molecule has 1 aromatic rings. The molecule has 0 bridgehead atoms. The number of amides is 2. The molecule has 26 heavy (non-hydrogen) atoms. The summed E-state index contributed by atoms with van der Waals surface area (Å²) in [5.41, 5.74) is -1.67. The van der Waals surface area contributed by atoms with Crippen LogP contribution in [-0.4, -0.2) is 17.4 Å². The van der Waals surface area contributed by atoms with Gasteiger partial charge >= 0.3 is 6.18 Å². The van der Waals surface area contributed by atoms with E-state index in [0.717, 1.165) is 25.0 Å². The van der Waals surface area contributed by atoms with Crippen molar-refractivity contribution in [1.29, 1.82) is 0 Å². The summed E-state index contributed by atoms with van der Waals surface area (Å²) in [5, 5.41) is 5.55. The number of benzene rings is 1. The van der Waals surface area contributed by atoms with Gasteiger partial charge in [-0.2, -0.15) is 13.2 Å². The highest BCUT2D eigenvalue weighted by molar-refractivity contribution is 5.98. The zero-order valence-electron chi connectivity index (χ0n) is 15.3. The Balaban J connectivity index is 2.10. The van der Waals surface area contributed by atoms with E-state index in [-0.39, 0.29) is 23.8 Å². The number of alkyl halides is 3. The molecule has 1 saturated carbocycles. The summed E-state index contributed by atoms with van der Waals surface area (Å²) >= 11 is 0. The second-order valence-electron chi connectivity index (χ2n) is 7.99. The van der Waals surface area contributed by atoms with Gasteiger partial charge in [-0.15, -0.1) is 0 Å². The molecule has 1 fully saturated rings. The summed E-state index contributed by atoms with van der Waals surface area (Å²) in [7, 11) is 0. The van der Waals surface area contributed by atoms with Gasteiger partial charge in [-0.3, -0.25) is 9.59 Å². The van der Waals surface area contributed by atoms with E-state index in [1.807, 2.05) is 20.8 Å². The Morgan fingerprint density at radius 1 is 1.04 bits per heavy atom. The highest BCUT2D eigenvalue weighted by atomic mass is 19.4. The first-order valence-electron chi connectivity index (χ1n) is 8.71. The standard InChI is InChI=1S/C19H25F3N2O2/c1-17(2,3)24-15(25)12-18(10-4-5-11-18)16(26)23-14-8-6-13(7-9-14)19(20,21)22/h6-9H,4-5,10-12H2,1-3H3,(H,23,26)(H,24,25). The van der Waals surface area contributed by atoms with Gasteiger partial charge in [0.15, 0.2) is 0 Å². The van der Waals surface area contributed by atoms with Crippen LogP contribution in [0.25, 0.3) is 0 Å². The first-order chi connectivity index (χ1) is 11.9. The first kappa shape index (κ1) is 20.3. The molecule has 2 rings (SSSR count). The van der Waals surface area contributed by atoms with Crippen LogP contribution in [0.5, 0.6) is 0 Å². The van der Waals surface area contributed by atoms with Crippen LogP contribution in [0.1, 0.15) is 58.4 Å². The predicted octanol–water partition coefficient (Wildman–Crippen LogP) is 4.51. The lowest BCUT2D eigenvalue weighted by molar-refractivity contribution is -0.137. The second kappa shape index (κ2) is 7.29. The van der Waals surface area contributed by atoms with E-state index >= 15 is 0 Å². The van der Waals surface area contributed by atoms with E-state index in [4.69, 9.17) is 0 Å². The van der Waals surface area contributed by atoms with E-state index in [9.17, 15) is 22.8 Å². The van der Waals surface area contributed by atoms with Crippen molar-refractivity contribution in [1.82, 2.24) is 5.32 Å². The van der Waals surface area contributed by atoms with Crippen molar-refractivity contribution in [2.75, 3.05) is 5.32 Å². The van der Waals surface area contributed by atoms with Crippen LogP contribution in [0.3, 0.4) is 0 Å². The van der Waals surface area contributed by atoms with Crippen molar-refractivity contribution in [2.45, 2.75) is 64.6 Å². The van der Waals surface area contributed by atoms with Gasteiger partial charge in [-0.25, -0.2) is 0 Å². The largest absolute Gasteiger partial charge is 0.416 e. The third-order valence-corrected chi connectivity index (χ3v) is 4.53. The quantitative estimate of drug-likeness (QED) is 0.819. The molecule has 0 aromatic heterocycles. The van der Waals surface area contributed by atoms with Gasteiger partial charge in [0.1, 0.15) is 0 Å². The molecule has 0 unspecified atom stereocenters. The monoisotopic (exact) mass is 370 g/mol. The van der Waals surface area contributed by atoms with Crippen LogP contribution in [0.15, 0.2) is 24.3 Å². The summed E-state index contributed by atoms with van der Waals surface area (Å²) in [6.45, 7) is 5.61. The first-order valence-corrected chi connectivity index (χ1v) is 8.71. The molecule has 0 aliphatic heterocycles. The van der Waals surface area contributed by atoms with Gasteiger partial charge in [0.05, 0.1) is 11.0 Å². The molecule has 2 N–H and O–H groups in total. The van der Waals surface area contributed by atoms with Crippen molar-refractivity contribution in [2.24, 2.45) is 5.41 Å². The second-order valence-corrected chi connectivity index (χ2v) is 7.99. The Labute approximate surface area is 151 Å². The summed E-state index contributed by atoms with van der Waals surface area (Å²) in [6.07, 6.45) is -1.45. The third-order valence-electron chi connectivity index (χ3n) is 4.53. The fourth-order valence-electron chi connectivity index (χ4n) is 3.31. The van der Waals surface area contributed by atoms with Gasteiger partial charge in [-0.05, 0) is 57.9 Å². The maximum atomic E-state index is 12.8. The Morgan fingerprint density at radius 2 is 1.58 bits per heavy atom. The maximum Gasteiger partial charge on any atom is 0.416 e. The number of anilines is 1. The number of carbonyl (C=O) groups is 2. The minimum Gasteiger partial charge on any atom is -0.351 e. The van der Waals surface area contributed by atoms with Crippen LogP contribution in [0.2, 0.25) is 0 Å². The molecule has 7 heteroatoms. The van der Waals surface area contributed by atoms with Crippen LogP contribution in [0.4, 0.5) is 18.9 Å². The van der Waals surface area contributed by atoms with Crippen LogP contribution in [0, 0.1) is 5.41 Å². The predicted molar refractivity (Wildman–Crippen MR) is 93.5 cm³/mol. The summed E-state index contributed by atoms with van der Waals surface area (Å²) in [6, 6.07) is 4.34. The lowest BCUT2D eigenvalue weighted by atomic mass is 9.81. The summed E-state index contributed by atoms with van der Waals surface area (Å²) in [4.78, 5) is 25.1. The minimum absolute atomic E-state index is 0.0801. The van der Waals surface area contributed by atoms with Gasteiger partial charge in [0.2, 0.25) is 11.8 Å². The van der Waals surface area contributed by atoms with Crippen LogP contribution >= 0.6 is 0 Å². The van der Waals surface area contributed by atoms with E-state index in [1.54, 1.807) is 0 Å². The van der Waals surface area contributed by atoms with E-state index < -0.39 is 17.2 Å². The van der Waals surface area contributed by atoms with Gasteiger partial charge in [0.25, 0.3) is 0 Å². The number of hydrogen-bond donors (Lipinski definition) is 2. The molecule has 0 spiro atoms. The third kappa shape index (κ3) is 5.22. The molecule has 2 amide bonds. The van der Waals surface area contributed by atoms with Crippen molar-refractivity contribution in [3.05, 3.63) is 29.8 Å². The van der Waals surface area contributed by atoms with Crippen molar-refractivity contribution >= 4 is 17.5 Å². The molecule has 144 valence electrons. The number of nitrogens with one attached hydrogen (secondary N) is 2. The molecule has 0 heterocycles. The highest BCUT2D eigenvalue weighted by Crippen LogP contribution is 2.42. The van der Waals surface area contributed by atoms with Crippen LogP contribution in [-0.2, 0) is 15.8 Å². The number of halogens is 3. The lowest BCUT2D eigenvalue weighted by Crippen LogP contribution is -2.45. The molecule has 0 atom stereocenters. The van der Waals surface area contributed by atoms with Crippen LogP contribution < -0.4 is 10.6 Å². The Kier molecular flexibility index (Phi) is 5.68. The Hall–Kier alpha value is -2.05. The summed E-state index contributed by atoms with van der Waals surface area (Å²) < 4.78 is 37.9. The van der Waals surface area contributed by atoms with E-state index in [1.165, 1.54) is 12.1 Å². The average molecular weight is 370 g/mol. The smallest absolute Gasteiger partial charge is 0.351 e. The zero-order chi connectivity index (χ0) is 19.6. The maximum absolute atomic E-state index is 12.8. The van der Waals surface area contributed by atoms with E-state index in [0.29, 0.717) is 18.5 Å². The fourth-order valence-corrected chi connectivity index (χ4v) is 3.31. The van der Waals surface area contributed by atoms with Crippen molar-refractivity contribution in [3.63, 3.8) is 0 Å². The van der Waals surface area contributed by atoms with Gasteiger partial charge < -0.3 is 10.6 Å². The molecular weight excluding hydrogens is 345 g/mol. The molecule has 0 saturated heterocycles. The van der Waals surface area contributed by atoms with Gasteiger partial charge in [-0.1, -0.05) is 12.8 Å². The fraction of sp³-hybridized carbons (Fsp3) is 0.579. The Bertz CT molecular complexity index is 655. The zero-order valence-corrected chi connectivity index (χ0v) is 15.3. The Morgan fingerprint density at radius 3 is 2.04 bits per heavy atom. The average Bonchev–Trinajstić information content (AvgIpc) is 2.94. The molecular formula is C19H25F3N2O2. The highest BCUT2D eigenvalue weighted by Gasteiger charge is 2.43. The SMILES string of the molecule is CC(C)(C)NC(=O)CC1(C(=O)Nc2ccc(C(F)(F)F)cc2)CCCC1. The number of hydrogen-bond acceptors (Lipinski definition) is 2. The summed E-state index contributed by atoms with van der Waals surface area (Å²) in [5.74, 6) is -0.499. The number of rotatable bonds is 4. The topological polar surface area (TPSA) is 58.2 Å². The molecule has 4 nitrogen and oxygen atoms in total. The van der Waals surface area contributed by atoms with E-state index in [2.05, 4.69) is 10.6 Å². The molecule has 0 radical (unpaired) electrons.